The van der Waals surface area contributed by atoms with Crippen molar-refractivity contribution < 1.29 is 9.18 Å². The fraction of sp³-hybridized carbons (Fsp3) is 0.429. The summed E-state index contributed by atoms with van der Waals surface area (Å²) in [5.41, 5.74) is 16.0. The van der Waals surface area contributed by atoms with Crippen LogP contribution in [0.3, 0.4) is 0 Å². The molecular formula is C28H29ClFN9O. The van der Waals surface area contributed by atoms with Gasteiger partial charge in [-0.1, -0.05) is 11.6 Å². The summed E-state index contributed by atoms with van der Waals surface area (Å²) in [6.07, 6.45) is 8.01. The number of aromatic nitrogens is 4. The van der Waals surface area contributed by atoms with E-state index in [0.717, 1.165) is 86.2 Å². The Kier molecular flexibility index (Phi) is 5.97. The van der Waals surface area contributed by atoms with Crippen LogP contribution in [0.2, 0.25) is 5.02 Å². The van der Waals surface area contributed by atoms with E-state index in [2.05, 4.69) is 19.8 Å². The molecule has 40 heavy (non-hydrogen) atoms. The number of amides is 1. The standard InChI is InChI=1S/C28H29ClFN9O/c29-21-15(3-6-33-27(21)39-7-1-2-8-39)22-23-19(13-34-22)36-20(14-35-23)38-9-4-28(5-10-38)12-18-16(24(28)31)11-17(26(32)40)25(30)37-18/h3,6,11,14,24H,1-2,4-5,7-10,12-13,31H2,(H2,32,40)/t24-/m1/s1. The second-order valence-corrected chi connectivity index (χ2v) is 11.5. The summed E-state index contributed by atoms with van der Waals surface area (Å²) in [7, 11) is 0. The zero-order valence-electron chi connectivity index (χ0n) is 21.9. The van der Waals surface area contributed by atoms with Gasteiger partial charge in [0, 0.05) is 49.7 Å². The van der Waals surface area contributed by atoms with E-state index in [4.69, 9.17) is 38.0 Å². The lowest BCUT2D eigenvalue weighted by atomic mass is 9.73. The topological polar surface area (TPSA) is 140 Å². The van der Waals surface area contributed by atoms with Crippen molar-refractivity contribution in [3.05, 3.63) is 69.3 Å². The molecule has 1 atom stereocenters. The van der Waals surface area contributed by atoms with E-state index in [1.54, 1.807) is 12.4 Å². The van der Waals surface area contributed by atoms with Crippen LogP contribution in [0, 0.1) is 11.4 Å². The summed E-state index contributed by atoms with van der Waals surface area (Å²) in [5, 5.41) is 0.606. The molecule has 4 aliphatic rings. The van der Waals surface area contributed by atoms with Crippen molar-refractivity contribution in [3.8, 4) is 0 Å². The van der Waals surface area contributed by atoms with Crippen LogP contribution < -0.4 is 21.3 Å². The first-order chi connectivity index (χ1) is 19.3. The number of piperidine rings is 1. The van der Waals surface area contributed by atoms with Crippen LogP contribution in [0.5, 0.6) is 0 Å². The van der Waals surface area contributed by atoms with E-state index in [1.807, 2.05) is 6.07 Å². The Balaban J connectivity index is 1.08. The number of aliphatic imine (C=N–C) groups is 1. The summed E-state index contributed by atoms with van der Waals surface area (Å²) in [6, 6.07) is 3.04. The van der Waals surface area contributed by atoms with Gasteiger partial charge in [-0.3, -0.25) is 9.79 Å². The molecule has 12 heteroatoms. The summed E-state index contributed by atoms with van der Waals surface area (Å²) >= 11 is 6.83. The highest BCUT2D eigenvalue weighted by Crippen LogP contribution is 2.50. The first-order valence-corrected chi connectivity index (χ1v) is 14.0. The molecule has 3 aromatic rings. The van der Waals surface area contributed by atoms with Gasteiger partial charge in [-0.05, 0) is 55.2 Å². The van der Waals surface area contributed by atoms with Crippen LogP contribution in [0.15, 0.2) is 29.5 Å². The lowest BCUT2D eigenvalue weighted by Crippen LogP contribution is -2.44. The molecule has 7 rings (SSSR count). The number of fused-ring (bicyclic) bond motifs is 2. The average Bonchev–Trinajstić information content (AvgIpc) is 3.68. The van der Waals surface area contributed by atoms with Gasteiger partial charge in [0.25, 0.3) is 5.91 Å². The minimum atomic E-state index is -0.837. The summed E-state index contributed by atoms with van der Waals surface area (Å²) < 4.78 is 14.3. The van der Waals surface area contributed by atoms with Crippen molar-refractivity contribution in [3.63, 3.8) is 0 Å². The monoisotopic (exact) mass is 561 g/mol. The molecule has 0 saturated carbocycles. The smallest absolute Gasteiger partial charge is 0.253 e. The van der Waals surface area contributed by atoms with Crippen molar-refractivity contribution in [1.82, 2.24) is 19.9 Å². The van der Waals surface area contributed by atoms with Gasteiger partial charge >= 0.3 is 0 Å². The van der Waals surface area contributed by atoms with Crippen molar-refractivity contribution >= 4 is 34.9 Å². The zero-order chi connectivity index (χ0) is 27.6. The van der Waals surface area contributed by atoms with Gasteiger partial charge < -0.3 is 21.3 Å². The minimum Gasteiger partial charge on any atom is -0.365 e. The number of primary amides is 1. The Morgan fingerprint density at radius 3 is 2.60 bits per heavy atom. The number of nitrogens with two attached hydrogens (primary N) is 2. The minimum absolute atomic E-state index is 0.209. The quantitative estimate of drug-likeness (QED) is 0.463. The normalized spacial score (nSPS) is 21.1. The molecule has 1 amide bonds. The molecule has 206 valence electrons. The van der Waals surface area contributed by atoms with Crippen LogP contribution in [0.25, 0.3) is 0 Å². The van der Waals surface area contributed by atoms with E-state index in [1.165, 1.54) is 6.07 Å². The number of anilines is 2. The number of hydrogen-bond donors (Lipinski definition) is 2. The van der Waals surface area contributed by atoms with Gasteiger partial charge in [0.1, 0.15) is 17.3 Å². The van der Waals surface area contributed by atoms with Crippen LogP contribution in [0.1, 0.15) is 70.3 Å². The Labute approximate surface area is 235 Å². The van der Waals surface area contributed by atoms with Crippen LogP contribution in [-0.4, -0.2) is 57.7 Å². The predicted molar refractivity (Wildman–Crippen MR) is 149 cm³/mol. The predicted octanol–water partition coefficient (Wildman–Crippen LogP) is 2.95. The molecule has 0 aromatic carbocycles. The SMILES string of the molecule is NC(=O)c1cc2c(nc1F)CC1(CCN(c3cnc4c(n3)CN=C4c3ccnc(N4CCCC4)c3Cl)CC1)[C@@H]2N. The highest BCUT2D eigenvalue weighted by Gasteiger charge is 2.47. The molecule has 6 heterocycles. The van der Waals surface area contributed by atoms with Gasteiger partial charge in [-0.2, -0.15) is 4.39 Å². The lowest BCUT2D eigenvalue weighted by Gasteiger charge is -2.42. The molecule has 2 saturated heterocycles. The number of carbonyl (C=O) groups excluding carboxylic acids is 1. The number of halogens is 2. The van der Waals surface area contributed by atoms with Crippen molar-refractivity contribution in [2.45, 2.75) is 44.7 Å². The second kappa shape index (κ2) is 9.45. The zero-order valence-corrected chi connectivity index (χ0v) is 22.7. The molecule has 3 aliphatic heterocycles. The van der Waals surface area contributed by atoms with Crippen molar-refractivity contribution in [1.29, 1.82) is 0 Å². The first-order valence-electron chi connectivity index (χ1n) is 13.6. The number of nitrogens with zero attached hydrogens (tertiary/aromatic N) is 7. The molecule has 1 aliphatic carbocycles. The second-order valence-electron chi connectivity index (χ2n) is 11.1. The number of carbonyl (C=O) groups is 1. The molecule has 0 bridgehead atoms. The van der Waals surface area contributed by atoms with Crippen molar-refractivity contribution in [2.24, 2.45) is 21.9 Å². The highest BCUT2D eigenvalue weighted by molar-refractivity contribution is 6.37. The van der Waals surface area contributed by atoms with Gasteiger partial charge in [0.05, 0.1) is 34.7 Å². The molecule has 3 aromatic heterocycles. The fourth-order valence-electron chi connectivity index (χ4n) is 6.65. The van der Waals surface area contributed by atoms with Crippen LogP contribution in [-0.2, 0) is 13.0 Å². The van der Waals surface area contributed by atoms with E-state index in [0.29, 0.717) is 29.2 Å². The maximum Gasteiger partial charge on any atom is 0.253 e. The maximum absolute atomic E-state index is 14.3. The van der Waals surface area contributed by atoms with Gasteiger partial charge in [0.15, 0.2) is 0 Å². The third kappa shape index (κ3) is 3.94. The van der Waals surface area contributed by atoms with Crippen LogP contribution >= 0.6 is 11.6 Å². The van der Waals surface area contributed by atoms with E-state index in [-0.39, 0.29) is 17.0 Å². The molecule has 4 N–H and O–H groups in total. The maximum atomic E-state index is 14.3. The third-order valence-corrected chi connectivity index (χ3v) is 9.30. The average molecular weight is 562 g/mol. The van der Waals surface area contributed by atoms with E-state index in [9.17, 15) is 9.18 Å². The largest absolute Gasteiger partial charge is 0.365 e. The van der Waals surface area contributed by atoms with Gasteiger partial charge in [-0.25, -0.2) is 19.9 Å². The lowest BCUT2D eigenvalue weighted by molar-refractivity contribution is 0.0995. The number of pyridine rings is 2. The van der Waals surface area contributed by atoms with Gasteiger partial charge in [-0.15, -0.1) is 0 Å². The Morgan fingerprint density at radius 2 is 1.85 bits per heavy atom. The number of rotatable bonds is 4. The van der Waals surface area contributed by atoms with E-state index < -0.39 is 11.9 Å². The third-order valence-electron chi connectivity index (χ3n) is 8.93. The Hall–Kier alpha value is -3.70. The molecule has 1 spiro atoms. The summed E-state index contributed by atoms with van der Waals surface area (Å²) in [6.45, 7) is 3.81. The van der Waals surface area contributed by atoms with Crippen molar-refractivity contribution in [2.75, 3.05) is 36.0 Å². The highest BCUT2D eigenvalue weighted by atomic mass is 35.5. The van der Waals surface area contributed by atoms with Gasteiger partial charge in [0.2, 0.25) is 5.95 Å². The first kappa shape index (κ1) is 25.3. The Bertz CT molecular complexity index is 1560. The summed E-state index contributed by atoms with van der Waals surface area (Å²) in [5.74, 6) is -0.0665. The molecule has 0 unspecified atom stereocenters. The number of hydrogen-bond acceptors (Lipinski definition) is 9. The molecule has 2 fully saturated rings. The van der Waals surface area contributed by atoms with E-state index >= 15 is 0 Å². The molecular weight excluding hydrogens is 533 g/mol. The summed E-state index contributed by atoms with van der Waals surface area (Å²) in [4.78, 5) is 39.1. The van der Waals surface area contributed by atoms with Crippen LogP contribution in [0.4, 0.5) is 16.0 Å². The molecule has 10 nitrogen and oxygen atoms in total. The Morgan fingerprint density at radius 1 is 1.07 bits per heavy atom. The molecule has 0 radical (unpaired) electrons. The fourth-order valence-corrected chi connectivity index (χ4v) is 6.97.